The Kier molecular flexibility index (Phi) is 4.49. The number of fused-ring (bicyclic) bond motifs is 1. The molecule has 0 bridgehead atoms. The third-order valence-corrected chi connectivity index (χ3v) is 5.41. The van der Waals surface area contributed by atoms with Crippen molar-refractivity contribution in [2.24, 2.45) is 5.92 Å². The number of carbonyl (C=O) groups is 2. The summed E-state index contributed by atoms with van der Waals surface area (Å²) in [6.07, 6.45) is 5.03. The van der Waals surface area contributed by atoms with Gasteiger partial charge in [-0.05, 0) is 25.0 Å². The van der Waals surface area contributed by atoms with E-state index in [2.05, 4.69) is 5.32 Å². The van der Waals surface area contributed by atoms with Crippen molar-refractivity contribution in [1.29, 1.82) is 0 Å². The summed E-state index contributed by atoms with van der Waals surface area (Å²) in [6, 6.07) is 8.46. The highest BCUT2D eigenvalue weighted by atomic mass is 16.3. The lowest BCUT2D eigenvalue weighted by molar-refractivity contribution is -0.129. The number of nitrogens with one attached hydrogen (secondary N) is 1. The van der Waals surface area contributed by atoms with Crippen LogP contribution in [-0.4, -0.2) is 35.8 Å². The first-order chi connectivity index (χ1) is 12.6. The second kappa shape index (κ2) is 6.94. The number of para-hydroxylation sites is 1. The van der Waals surface area contributed by atoms with Crippen molar-refractivity contribution in [2.75, 3.05) is 13.1 Å². The van der Waals surface area contributed by atoms with Crippen LogP contribution >= 0.6 is 0 Å². The van der Waals surface area contributed by atoms with E-state index in [0.717, 1.165) is 12.8 Å². The van der Waals surface area contributed by atoms with Crippen LogP contribution < -0.4 is 10.7 Å². The van der Waals surface area contributed by atoms with Gasteiger partial charge in [0, 0.05) is 37.5 Å². The normalized spacial score (nSPS) is 20.8. The Labute approximate surface area is 151 Å². The van der Waals surface area contributed by atoms with Crippen LogP contribution in [0.5, 0.6) is 0 Å². The molecule has 6 heteroatoms. The number of rotatable bonds is 4. The number of amides is 2. The predicted molar refractivity (Wildman–Crippen MR) is 96.9 cm³/mol. The van der Waals surface area contributed by atoms with Crippen molar-refractivity contribution in [3.8, 4) is 0 Å². The Hall–Kier alpha value is -2.63. The summed E-state index contributed by atoms with van der Waals surface area (Å²) in [5.74, 6) is -0.113. The molecular weight excluding hydrogens is 332 g/mol. The molecule has 1 saturated heterocycles. The van der Waals surface area contributed by atoms with Crippen LogP contribution in [0.1, 0.15) is 42.7 Å². The van der Waals surface area contributed by atoms with Crippen molar-refractivity contribution in [3.63, 3.8) is 0 Å². The molecule has 0 radical (unpaired) electrons. The van der Waals surface area contributed by atoms with Gasteiger partial charge < -0.3 is 14.6 Å². The fourth-order valence-electron chi connectivity index (χ4n) is 4.05. The summed E-state index contributed by atoms with van der Waals surface area (Å²) in [6.45, 7) is 1.11. The second-order valence-corrected chi connectivity index (χ2v) is 7.24. The molecule has 1 aromatic carbocycles. The molecule has 1 aliphatic carbocycles. The lowest BCUT2D eigenvalue weighted by Gasteiger charge is -2.24. The van der Waals surface area contributed by atoms with Gasteiger partial charge in [0.2, 0.25) is 5.91 Å². The molecule has 2 heterocycles. The maximum absolute atomic E-state index is 12.4. The standard InChI is InChI=1S/C20H22N2O4/c23-16-10-18(26-17-8-4-3-7-15(16)17)20(25)21-11-13-9-19(24)22(12-13)14-5-1-2-6-14/h3-4,7-8,10,13-14H,1-2,5-6,9,11-12H2,(H,21,25)/t13-/m0/s1. The molecule has 2 fully saturated rings. The van der Waals surface area contributed by atoms with Gasteiger partial charge in [0.05, 0.1) is 5.39 Å². The lowest BCUT2D eigenvalue weighted by atomic mass is 10.1. The van der Waals surface area contributed by atoms with Crippen molar-refractivity contribution in [3.05, 3.63) is 46.3 Å². The van der Waals surface area contributed by atoms with Gasteiger partial charge in [-0.1, -0.05) is 25.0 Å². The number of likely N-dealkylation sites (tertiary alicyclic amines) is 1. The van der Waals surface area contributed by atoms with Gasteiger partial charge in [0.1, 0.15) is 5.58 Å². The average Bonchev–Trinajstić information content (AvgIpc) is 3.29. The van der Waals surface area contributed by atoms with Crippen molar-refractivity contribution in [2.45, 2.75) is 38.1 Å². The van der Waals surface area contributed by atoms with Gasteiger partial charge in [0.15, 0.2) is 11.2 Å². The first-order valence-electron chi connectivity index (χ1n) is 9.22. The molecule has 0 spiro atoms. The van der Waals surface area contributed by atoms with E-state index in [1.807, 2.05) is 4.90 Å². The Morgan fingerprint density at radius 1 is 1.19 bits per heavy atom. The molecule has 1 atom stereocenters. The molecule has 136 valence electrons. The minimum atomic E-state index is -0.417. The van der Waals surface area contributed by atoms with Gasteiger partial charge in [0.25, 0.3) is 5.91 Å². The number of carbonyl (C=O) groups excluding carboxylic acids is 2. The van der Waals surface area contributed by atoms with Crippen LogP contribution in [0.15, 0.2) is 39.5 Å². The Bertz CT molecular complexity index is 898. The highest BCUT2D eigenvalue weighted by Crippen LogP contribution is 2.29. The molecule has 0 unspecified atom stereocenters. The smallest absolute Gasteiger partial charge is 0.287 e. The van der Waals surface area contributed by atoms with Crippen LogP contribution in [0.3, 0.4) is 0 Å². The fourth-order valence-corrected chi connectivity index (χ4v) is 4.05. The average molecular weight is 354 g/mol. The number of nitrogens with zero attached hydrogens (tertiary/aromatic N) is 1. The third-order valence-electron chi connectivity index (χ3n) is 5.41. The fraction of sp³-hybridized carbons (Fsp3) is 0.450. The summed E-state index contributed by atoms with van der Waals surface area (Å²) >= 11 is 0. The topological polar surface area (TPSA) is 79.6 Å². The Morgan fingerprint density at radius 3 is 2.77 bits per heavy atom. The van der Waals surface area contributed by atoms with Gasteiger partial charge >= 0.3 is 0 Å². The van der Waals surface area contributed by atoms with Gasteiger partial charge in [-0.25, -0.2) is 0 Å². The van der Waals surface area contributed by atoms with Gasteiger partial charge in [-0.3, -0.25) is 14.4 Å². The maximum atomic E-state index is 12.4. The van der Waals surface area contributed by atoms with Crippen molar-refractivity contribution >= 4 is 22.8 Å². The minimum absolute atomic E-state index is 0.00525. The summed E-state index contributed by atoms with van der Waals surface area (Å²) in [5, 5.41) is 3.27. The second-order valence-electron chi connectivity index (χ2n) is 7.24. The SMILES string of the molecule is O=C(NC[C@@H]1CC(=O)N(C2CCCC2)C1)c1cc(=O)c2ccccc2o1. The van der Waals surface area contributed by atoms with Crippen molar-refractivity contribution < 1.29 is 14.0 Å². The largest absolute Gasteiger partial charge is 0.451 e. The van der Waals surface area contributed by atoms with Crippen molar-refractivity contribution in [1.82, 2.24) is 10.2 Å². The predicted octanol–water partition coefficient (Wildman–Crippen LogP) is 2.31. The van der Waals surface area contributed by atoms with Gasteiger partial charge in [-0.15, -0.1) is 0 Å². The Balaban J connectivity index is 1.40. The minimum Gasteiger partial charge on any atom is -0.451 e. The summed E-state index contributed by atoms with van der Waals surface area (Å²) in [5.41, 5.74) is 0.161. The molecule has 2 amide bonds. The zero-order valence-electron chi connectivity index (χ0n) is 14.6. The van der Waals surface area contributed by atoms with E-state index in [1.54, 1.807) is 24.3 Å². The lowest BCUT2D eigenvalue weighted by Crippen LogP contribution is -2.36. The van der Waals surface area contributed by atoms with E-state index in [-0.39, 0.29) is 23.0 Å². The number of hydrogen-bond acceptors (Lipinski definition) is 4. The molecule has 4 rings (SSSR count). The summed E-state index contributed by atoms with van der Waals surface area (Å²) < 4.78 is 5.55. The van der Waals surface area contributed by atoms with E-state index in [4.69, 9.17) is 4.42 Å². The summed E-state index contributed by atoms with van der Waals surface area (Å²) in [7, 11) is 0. The Morgan fingerprint density at radius 2 is 1.96 bits per heavy atom. The molecule has 1 aliphatic heterocycles. The van der Waals surface area contributed by atoms with Crippen LogP contribution in [0.25, 0.3) is 11.0 Å². The molecular formula is C20H22N2O4. The van der Waals surface area contributed by atoms with Crippen LogP contribution in [0.4, 0.5) is 0 Å². The summed E-state index contributed by atoms with van der Waals surface area (Å²) in [4.78, 5) is 38.7. The quantitative estimate of drug-likeness (QED) is 0.914. The van der Waals surface area contributed by atoms with E-state index in [0.29, 0.717) is 36.5 Å². The monoisotopic (exact) mass is 354 g/mol. The highest BCUT2D eigenvalue weighted by molar-refractivity contribution is 5.93. The maximum Gasteiger partial charge on any atom is 0.287 e. The molecule has 26 heavy (non-hydrogen) atoms. The zero-order valence-corrected chi connectivity index (χ0v) is 14.6. The molecule has 6 nitrogen and oxygen atoms in total. The van der Waals surface area contributed by atoms with E-state index < -0.39 is 5.91 Å². The molecule has 1 saturated carbocycles. The molecule has 2 aromatic rings. The number of benzene rings is 1. The molecule has 2 aliphatic rings. The van der Waals surface area contributed by atoms with Gasteiger partial charge in [-0.2, -0.15) is 0 Å². The highest BCUT2D eigenvalue weighted by Gasteiger charge is 2.35. The first kappa shape index (κ1) is 16.8. The van der Waals surface area contributed by atoms with E-state index >= 15 is 0 Å². The molecule has 1 N–H and O–H groups in total. The zero-order chi connectivity index (χ0) is 18.1. The van der Waals surface area contributed by atoms with Crippen LogP contribution in [0, 0.1) is 5.92 Å². The van der Waals surface area contributed by atoms with E-state index in [1.165, 1.54) is 18.9 Å². The van der Waals surface area contributed by atoms with E-state index in [9.17, 15) is 14.4 Å². The first-order valence-corrected chi connectivity index (χ1v) is 9.22. The van der Waals surface area contributed by atoms with Crippen LogP contribution in [0.2, 0.25) is 0 Å². The number of hydrogen-bond donors (Lipinski definition) is 1. The molecule has 1 aromatic heterocycles. The van der Waals surface area contributed by atoms with Crippen LogP contribution in [-0.2, 0) is 4.79 Å². The third kappa shape index (κ3) is 3.23.